The number of rotatable bonds is 1. The Morgan fingerprint density at radius 2 is 2.00 bits per heavy atom. The van der Waals surface area contributed by atoms with Gasteiger partial charge in [-0.05, 0) is 25.1 Å². The van der Waals surface area contributed by atoms with Gasteiger partial charge in [0.05, 0.1) is 0 Å². The molecule has 0 atom stereocenters. The molecule has 0 aliphatic carbocycles. The van der Waals surface area contributed by atoms with Gasteiger partial charge >= 0.3 is 0 Å². The monoisotopic (exact) mass is 185 g/mol. The highest BCUT2D eigenvalue weighted by atomic mass is 14.8. The Kier molecular flexibility index (Phi) is 2.14. The van der Waals surface area contributed by atoms with E-state index in [2.05, 4.69) is 9.97 Å². The van der Waals surface area contributed by atoms with Crippen molar-refractivity contribution >= 4 is 5.82 Å². The van der Waals surface area contributed by atoms with E-state index in [0.717, 1.165) is 16.8 Å². The second kappa shape index (κ2) is 3.46. The Morgan fingerprint density at radius 1 is 1.14 bits per heavy atom. The first-order valence-corrected chi connectivity index (χ1v) is 4.41. The number of nitrogens with zero attached hydrogens (tertiary/aromatic N) is 2. The van der Waals surface area contributed by atoms with Crippen molar-refractivity contribution in [2.45, 2.75) is 6.92 Å². The number of aryl methyl sites for hydroxylation is 1. The van der Waals surface area contributed by atoms with E-state index in [9.17, 15) is 0 Å². The molecule has 0 radical (unpaired) electrons. The highest BCUT2D eigenvalue weighted by Gasteiger charge is 2.01. The van der Waals surface area contributed by atoms with Crippen molar-refractivity contribution in [3.05, 3.63) is 42.4 Å². The summed E-state index contributed by atoms with van der Waals surface area (Å²) >= 11 is 0. The second-order valence-electron chi connectivity index (χ2n) is 3.11. The van der Waals surface area contributed by atoms with Crippen molar-refractivity contribution in [1.29, 1.82) is 0 Å². The molecule has 0 aliphatic heterocycles. The molecule has 0 aliphatic rings. The fraction of sp³-hybridized carbons (Fsp3) is 0.0909. The van der Waals surface area contributed by atoms with E-state index in [0.29, 0.717) is 5.82 Å². The van der Waals surface area contributed by atoms with Gasteiger partial charge in [0.2, 0.25) is 0 Å². The van der Waals surface area contributed by atoms with E-state index < -0.39 is 0 Å². The summed E-state index contributed by atoms with van der Waals surface area (Å²) in [5.41, 5.74) is 8.66. The summed E-state index contributed by atoms with van der Waals surface area (Å²) in [6.07, 6.45) is 3.54. The molecule has 0 fully saturated rings. The summed E-state index contributed by atoms with van der Waals surface area (Å²) in [5, 5.41) is 0. The molecular formula is C11H11N3. The summed E-state index contributed by atoms with van der Waals surface area (Å²) < 4.78 is 0. The van der Waals surface area contributed by atoms with Crippen LogP contribution in [-0.2, 0) is 0 Å². The lowest BCUT2D eigenvalue weighted by molar-refractivity contribution is 1.20. The van der Waals surface area contributed by atoms with Crippen LogP contribution in [0.15, 0.2) is 36.7 Å². The van der Waals surface area contributed by atoms with E-state index in [4.69, 9.17) is 5.73 Å². The summed E-state index contributed by atoms with van der Waals surface area (Å²) in [7, 11) is 0. The largest absolute Gasteiger partial charge is 0.384 e. The van der Waals surface area contributed by atoms with Crippen LogP contribution in [0.4, 0.5) is 5.82 Å². The second-order valence-corrected chi connectivity index (χ2v) is 3.11. The van der Waals surface area contributed by atoms with Crippen LogP contribution in [0.3, 0.4) is 0 Å². The standard InChI is InChI=1S/C11H11N3/c1-8-10(3-2-6-13-8)9-4-5-11(12)14-7-9/h2-7H,1H3,(H2,12,14). The van der Waals surface area contributed by atoms with E-state index in [-0.39, 0.29) is 0 Å². The van der Waals surface area contributed by atoms with Gasteiger partial charge in [0, 0.05) is 29.2 Å². The molecule has 0 saturated heterocycles. The van der Waals surface area contributed by atoms with Crippen LogP contribution in [0.25, 0.3) is 11.1 Å². The smallest absolute Gasteiger partial charge is 0.123 e. The van der Waals surface area contributed by atoms with Crippen molar-refractivity contribution < 1.29 is 0 Å². The summed E-state index contributed by atoms with van der Waals surface area (Å²) in [4.78, 5) is 8.27. The van der Waals surface area contributed by atoms with E-state index >= 15 is 0 Å². The third-order valence-electron chi connectivity index (χ3n) is 2.10. The van der Waals surface area contributed by atoms with E-state index in [1.165, 1.54) is 0 Å². The van der Waals surface area contributed by atoms with Gasteiger partial charge in [-0.2, -0.15) is 0 Å². The Labute approximate surface area is 82.6 Å². The van der Waals surface area contributed by atoms with Gasteiger partial charge in [0.1, 0.15) is 5.82 Å². The highest BCUT2D eigenvalue weighted by Crippen LogP contribution is 2.20. The number of anilines is 1. The van der Waals surface area contributed by atoms with Crippen LogP contribution < -0.4 is 5.73 Å². The minimum Gasteiger partial charge on any atom is -0.384 e. The van der Waals surface area contributed by atoms with Crippen molar-refractivity contribution in [1.82, 2.24) is 9.97 Å². The molecule has 0 spiro atoms. The highest BCUT2D eigenvalue weighted by molar-refractivity contribution is 5.65. The maximum absolute atomic E-state index is 5.52. The van der Waals surface area contributed by atoms with E-state index in [1.807, 2.05) is 25.1 Å². The Bertz CT molecular complexity index is 435. The number of hydrogen-bond acceptors (Lipinski definition) is 3. The molecule has 2 N–H and O–H groups in total. The lowest BCUT2D eigenvalue weighted by atomic mass is 10.1. The van der Waals surface area contributed by atoms with Crippen molar-refractivity contribution in [3.63, 3.8) is 0 Å². The fourth-order valence-electron chi connectivity index (χ4n) is 1.35. The maximum atomic E-state index is 5.52. The fourth-order valence-corrected chi connectivity index (χ4v) is 1.35. The number of aromatic nitrogens is 2. The Hall–Kier alpha value is -1.90. The summed E-state index contributed by atoms with van der Waals surface area (Å²) in [6, 6.07) is 7.68. The topological polar surface area (TPSA) is 51.8 Å². The zero-order valence-corrected chi connectivity index (χ0v) is 7.94. The molecular weight excluding hydrogens is 174 g/mol. The SMILES string of the molecule is Cc1ncccc1-c1ccc(N)nc1. The molecule has 2 rings (SSSR count). The molecule has 0 unspecified atom stereocenters. The number of nitrogen functional groups attached to an aromatic ring is 1. The van der Waals surface area contributed by atoms with Gasteiger partial charge in [-0.15, -0.1) is 0 Å². The predicted octanol–water partition coefficient (Wildman–Crippen LogP) is 2.03. The molecule has 0 bridgehead atoms. The Balaban J connectivity index is 2.50. The molecule has 70 valence electrons. The predicted molar refractivity (Wildman–Crippen MR) is 56.6 cm³/mol. The first-order valence-electron chi connectivity index (χ1n) is 4.41. The first-order chi connectivity index (χ1) is 6.77. The van der Waals surface area contributed by atoms with Crippen LogP contribution in [-0.4, -0.2) is 9.97 Å². The van der Waals surface area contributed by atoms with Gasteiger partial charge in [-0.1, -0.05) is 6.07 Å². The molecule has 2 heterocycles. The van der Waals surface area contributed by atoms with Gasteiger partial charge < -0.3 is 5.73 Å². The minimum atomic E-state index is 0.537. The number of pyridine rings is 2. The van der Waals surface area contributed by atoms with E-state index in [1.54, 1.807) is 18.5 Å². The van der Waals surface area contributed by atoms with Gasteiger partial charge in [0.15, 0.2) is 0 Å². The maximum Gasteiger partial charge on any atom is 0.123 e. The number of nitrogens with two attached hydrogens (primary N) is 1. The molecule has 14 heavy (non-hydrogen) atoms. The Morgan fingerprint density at radius 3 is 2.64 bits per heavy atom. The average Bonchev–Trinajstić information content (AvgIpc) is 2.20. The third kappa shape index (κ3) is 1.57. The molecule has 2 aromatic heterocycles. The minimum absolute atomic E-state index is 0.537. The molecule has 0 amide bonds. The van der Waals surface area contributed by atoms with Crippen molar-refractivity contribution in [2.75, 3.05) is 5.73 Å². The zero-order valence-electron chi connectivity index (χ0n) is 7.94. The van der Waals surface area contributed by atoms with Crippen molar-refractivity contribution in [2.24, 2.45) is 0 Å². The zero-order chi connectivity index (χ0) is 9.97. The summed E-state index contributed by atoms with van der Waals surface area (Å²) in [5.74, 6) is 0.537. The van der Waals surface area contributed by atoms with Crippen molar-refractivity contribution in [3.8, 4) is 11.1 Å². The molecule has 2 aromatic rings. The molecule has 3 heteroatoms. The third-order valence-corrected chi connectivity index (χ3v) is 2.10. The molecule has 3 nitrogen and oxygen atoms in total. The molecule has 0 aromatic carbocycles. The van der Waals surface area contributed by atoms with Crippen LogP contribution in [0.5, 0.6) is 0 Å². The van der Waals surface area contributed by atoms with Crippen LogP contribution in [0, 0.1) is 6.92 Å². The number of hydrogen-bond donors (Lipinski definition) is 1. The summed E-state index contributed by atoms with van der Waals surface area (Å²) in [6.45, 7) is 1.98. The normalized spacial score (nSPS) is 10.1. The van der Waals surface area contributed by atoms with Crippen LogP contribution in [0.1, 0.15) is 5.69 Å². The lowest BCUT2D eigenvalue weighted by Crippen LogP contribution is -1.91. The average molecular weight is 185 g/mol. The first kappa shape index (κ1) is 8.69. The van der Waals surface area contributed by atoms with Gasteiger partial charge in [-0.25, -0.2) is 4.98 Å². The quantitative estimate of drug-likeness (QED) is 0.739. The van der Waals surface area contributed by atoms with Crippen LogP contribution in [0.2, 0.25) is 0 Å². The lowest BCUT2D eigenvalue weighted by Gasteiger charge is -2.03. The van der Waals surface area contributed by atoms with Gasteiger partial charge in [0.25, 0.3) is 0 Å². The van der Waals surface area contributed by atoms with Crippen LogP contribution >= 0.6 is 0 Å². The molecule has 0 saturated carbocycles. The van der Waals surface area contributed by atoms with Gasteiger partial charge in [-0.3, -0.25) is 4.98 Å².